The fraction of sp³-hybridized carbons (Fsp3) is 0.583. The minimum Gasteiger partial charge on any atom is -0.493 e. The number of carbonyl (C=O) groups is 1. The quantitative estimate of drug-likeness (QED) is 0.740. The second kappa shape index (κ2) is 8.19. The molecule has 0 spiro atoms. The lowest BCUT2D eigenvalue weighted by Gasteiger charge is -2.50. The van der Waals surface area contributed by atoms with Crippen molar-refractivity contribution in [2.45, 2.75) is 37.6 Å². The van der Waals surface area contributed by atoms with Crippen LogP contribution in [-0.4, -0.2) is 60.5 Å². The number of amides is 1. The zero-order valence-electron chi connectivity index (χ0n) is 18.6. The van der Waals surface area contributed by atoms with E-state index in [1.165, 1.54) is 12.1 Å². The summed E-state index contributed by atoms with van der Waals surface area (Å²) in [5, 5.41) is 8.01. The van der Waals surface area contributed by atoms with E-state index in [-0.39, 0.29) is 11.8 Å². The molecule has 1 N–H and O–H groups in total. The summed E-state index contributed by atoms with van der Waals surface area (Å²) in [5.74, 6) is 3.10. The van der Waals surface area contributed by atoms with Crippen LogP contribution in [0.15, 0.2) is 24.3 Å². The lowest BCUT2D eigenvalue weighted by molar-refractivity contribution is -0.122. The van der Waals surface area contributed by atoms with Crippen LogP contribution in [0.25, 0.3) is 11.3 Å². The van der Waals surface area contributed by atoms with E-state index in [0.29, 0.717) is 23.6 Å². The molecule has 2 bridgehead atoms. The molecule has 3 saturated heterocycles. The highest BCUT2D eigenvalue weighted by Gasteiger charge is 2.42. The van der Waals surface area contributed by atoms with Gasteiger partial charge in [0.15, 0.2) is 11.5 Å². The van der Waals surface area contributed by atoms with Crippen molar-refractivity contribution in [3.63, 3.8) is 0 Å². The maximum absolute atomic E-state index is 12.1. The lowest BCUT2D eigenvalue weighted by atomic mass is 9.74. The Hall–Kier alpha value is -2.54. The summed E-state index contributed by atoms with van der Waals surface area (Å²) >= 11 is 0. The van der Waals surface area contributed by atoms with Crippen molar-refractivity contribution in [2.75, 3.05) is 33.9 Å². The summed E-state index contributed by atoms with van der Waals surface area (Å²) in [6, 6.07) is 8.65. The van der Waals surface area contributed by atoms with Gasteiger partial charge in [0.1, 0.15) is 0 Å². The Morgan fingerprint density at radius 1 is 1.16 bits per heavy atom. The van der Waals surface area contributed by atoms with Crippen molar-refractivity contribution < 1.29 is 14.3 Å². The molecule has 1 aromatic heterocycles. The van der Waals surface area contributed by atoms with Gasteiger partial charge in [-0.05, 0) is 62.4 Å². The van der Waals surface area contributed by atoms with Crippen molar-refractivity contribution >= 4 is 5.91 Å². The number of methoxy groups -OCH3 is 2. The minimum absolute atomic E-state index is 0.255. The third-order valence-electron chi connectivity index (χ3n) is 7.31. The van der Waals surface area contributed by atoms with E-state index in [1.54, 1.807) is 14.2 Å². The van der Waals surface area contributed by atoms with E-state index >= 15 is 0 Å². The average molecular weight is 425 g/mol. The van der Waals surface area contributed by atoms with E-state index in [0.717, 1.165) is 55.9 Å². The molecule has 1 amide bonds. The molecule has 1 saturated carbocycles. The standard InChI is InChI=1S/C24H32N4O3/c1-27-21(12-20(26-27)17-6-7-22(30-2)23(11-17)31-3)19-14-28-9-8-16(19)10-18(28)13-25-24(29)15-4-5-15/h6-7,11-12,15-16,18-19H,4-5,8-10,13-14H2,1-3H3,(H,25,29). The Balaban J connectivity index is 1.30. The molecular formula is C24H32N4O3. The Morgan fingerprint density at radius 2 is 1.97 bits per heavy atom. The molecule has 166 valence electrons. The lowest BCUT2D eigenvalue weighted by Crippen LogP contribution is -2.56. The zero-order valence-corrected chi connectivity index (χ0v) is 18.6. The predicted molar refractivity (Wildman–Crippen MR) is 118 cm³/mol. The molecule has 4 fully saturated rings. The summed E-state index contributed by atoms with van der Waals surface area (Å²) in [6.45, 7) is 2.96. The second-order valence-electron chi connectivity index (χ2n) is 9.21. The van der Waals surface area contributed by atoms with Crippen LogP contribution in [0.5, 0.6) is 11.5 Å². The molecule has 31 heavy (non-hydrogen) atoms. The van der Waals surface area contributed by atoms with Gasteiger partial charge in [-0.15, -0.1) is 0 Å². The normalized spacial score (nSPS) is 27.2. The first-order valence-electron chi connectivity index (χ1n) is 11.4. The molecule has 7 heteroatoms. The summed E-state index contributed by atoms with van der Waals surface area (Å²) in [4.78, 5) is 14.6. The number of hydrogen-bond donors (Lipinski definition) is 1. The Labute approximate surface area is 183 Å². The number of hydrogen-bond acceptors (Lipinski definition) is 5. The van der Waals surface area contributed by atoms with Gasteiger partial charge >= 0.3 is 0 Å². The Kier molecular flexibility index (Phi) is 5.38. The molecule has 4 atom stereocenters. The van der Waals surface area contributed by atoms with Crippen LogP contribution in [0.2, 0.25) is 0 Å². The molecule has 4 unspecified atom stereocenters. The van der Waals surface area contributed by atoms with Crippen molar-refractivity contribution in [2.24, 2.45) is 18.9 Å². The maximum atomic E-state index is 12.1. The van der Waals surface area contributed by atoms with Gasteiger partial charge in [-0.1, -0.05) is 0 Å². The monoisotopic (exact) mass is 424 g/mol. The highest BCUT2D eigenvalue weighted by Crippen LogP contribution is 2.43. The molecule has 1 aromatic carbocycles. The predicted octanol–water partition coefficient (Wildman–Crippen LogP) is 2.81. The number of aryl methyl sites for hydroxylation is 1. The Morgan fingerprint density at radius 3 is 2.65 bits per heavy atom. The number of piperidine rings is 3. The number of fused-ring (bicyclic) bond motifs is 3. The third kappa shape index (κ3) is 3.91. The van der Waals surface area contributed by atoms with Crippen molar-refractivity contribution in [3.05, 3.63) is 30.0 Å². The van der Waals surface area contributed by atoms with Crippen LogP contribution < -0.4 is 14.8 Å². The molecule has 0 radical (unpaired) electrons. The topological polar surface area (TPSA) is 68.6 Å². The van der Waals surface area contributed by atoms with Crippen molar-refractivity contribution in [3.8, 4) is 22.8 Å². The number of ether oxygens (including phenoxy) is 2. The SMILES string of the molecule is COc1ccc(-c2cc(C3CN4CCC3CC4CNC(=O)C3CC3)n(C)n2)cc1OC. The maximum Gasteiger partial charge on any atom is 0.223 e. The zero-order chi connectivity index (χ0) is 21.5. The van der Waals surface area contributed by atoms with Gasteiger partial charge in [0.2, 0.25) is 5.91 Å². The van der Waals surface area contributed by atoms with E-state index in [9.17, 15) is 4.79 Å². The fourth-order valence-corrected chi connectivity index (χ4v) is 5.36. The van der Waals surface area contributed by atoms with Crippen LogP contribution in [0.1, 0.15) is 37.3 Å². The smallest absolute Gasteiger partial charge is 0.223 e. The third-order valence-corrected chi connectivity index (χ3v) is 7.31. The van der Waals surface area contributed by atoms with E-state index in [2.05, 4.69) is 16.3 Å². The molecule has 3 aliphatic heterocycles. The van der Waals surface area contributed by atoms with Gasteiger partial charge in [-0.2, -0.15) is 5.10 Å². The van der Waals surface area contributed by atoms with Crippen molar-refractivity contribution in [1.82, 2.24) is 20.0 Å². The van der Waals surface area contributed by atoms with Gasteiger partial charge in [-0.3, -0.25) is 14.4 Å². The molecule has 2 aromatic rings. The number of aromatic nitrogens is 2. The second-order valence-corrected chi connectivity index (χ2v) is 9.21. The molecule has 4 heterocycles. The van der Waals surface area contributed by atoms with Gasteiger partial charge in [0.25, 0.3) is 0 Å². The first kappa shape index (κ1) is 20.4. The van der Waals surface area contributed by atoms with Crippen LogP contribution >= 0.6 is 0 Å². The first-order chi connectivity index (χ1) is 15.1. The molecule has 4 aliphatic rings. The summed E-state index contributed by atoms with van der Waals surface area (Å²) in [6.07, 6.45) is 4.49. The highest BCUT2D eigenvalue weighted by molar-refractivity contribution is 5.80. The molecular weight excluding hydrogens is 392 g/mol. The van der Waals surface area contributed by atoms with Crippen molar-refractivity contribution in [1.29, 1.82) is 0 Å². The van der Waals surface area contributed by atoms with E-state index in [4.69, 9.17) is 14.6 Å². The largest absolute Gasteiger partial charge is 0.493 e. The minimum atomic E-state index is 0.255. The van der Waals surface area contributed by atoms with Crippen LogP contribution in [0, 0.1) is 11.8 Å². The Bertz CT molecular complexity index is 968. The van der Waals surface area contributed by atoms with Crippen LogP contribution in [0.3, 0.4) is 0 Å². The van der Waals surface area contributed by atoms with Gasteiger partial charge < -0.3 is 14.8 Å². The first-order valence-corrected chi connectivity index (χ1v) is 11.4. The van der Waals surface area contributed by atoms with E-state index < -0.39 is 0 Å². The molecule has 1 aliphatic carbocycles. The van der Waals surface area contributed by atoms with Gasteiger partial charge in [-0.25, -0.2) is 0 Å². The van der Waals surface area contributed by atoms with Gasteiger partial charge in [0.05, 0.1) is 19.9 Å². The fourth-order valence-electron chi connectivity index (χ4n) is 5.36. The number of carbonyl (C=O) groups excluding carboxylic acids is 1. The molecule has 7 nitrogen and oxygen atoms in total. The summed E-state index contributed by atoms with van der Waals surface area (Å²) in [5.41, 5.74) is 3.28. The van der Waals surface area contributed by atoms with E-state index in [1.807, 2.05) is 29.9 Å². The van der Waals surface area contributed by atoms with Gasteiger partial charge in [0, 0.05) is 49.3 Å². The number of rotatable bonds is 7. The summed E-state index contributed by atoms with van der Waals surface area (Å²) in [7, 11) is 5.35. The van der Waals surface area contributed by atoms with Crippen LogP contribution in [0.4, 0.5) is 0 Å². The highest BCUT2D eigenvalue weighted by atomic mass is 16.5. The average Bonchev–Trinajstić information content (AvgIpc) is 3.59. The molecule has 6 rings (SSSR count). The van der Waals surface area contributed by atoms with Crippen LogP contribution in [-0.2, 0) is 11.8 Å². The summed E-state index contributed by atoms with van der Waals surface area (Å²) < 4.78 is 12.9. The number of benzene rings is 1. The number of nitrogens with zero attached hydrogens (tertiary/aromatic N) is 3. The number of nitrogens with one attached hydrogen (secondary N) is 1.